The predicted octanol–water partition coefficient (Wildman–Crippen LogP) is 2.36. The van der Waals surface area contributed by atoms with Gasteiger partial charge in [0.15, 0.2) is 5.78 Å². The molecule has 0 rings (SSSR count). The lowest BCUT2D eigenvalue weighted by molar-refractivity contribution is -0.112. The molecule has 0 amide bonds. The van der Waals surface area contributed by atoms with Gasteiger partial charge in [-0.05, 0) is 18.8 Å². The maximum Gasteiger partial charge on any atom is 0.165 e. The molecule has 0 aliphatic heterocycles. The summed E-state index contributed by atoms with van der Waals surface area (Å²) in [5, 5.41) is 0. The minimum absolute atomic E-state index is 0.0167. The Labute approximate surface area is 59.8 Å². The van der Waals surface area contributed by atoms with Crippen molar-refractivity contribution in [2.75, 3.05) is 0 Å². The summed E-state index contributed by atoms with van der Waals surface area (Å²) in [5.74, 6) is 0.0167. The van der Waals surface area contributed by atoms with Crippen molar-refractivity contribution >= 4 is 17.5 Å². The Morgan fingerprint density at radius 2 is 1.78 bits per heavy atom. The fraction of sp³-hybridized carbons (Fsp3) is 0.286. The second-order valence-corrected chi connectivity index (χ2v) is 3.18. The van der Waals surface area contributed by atoms with E-state index in [1.54, 1.807) is 0 Å². The summed E-state index contributed by atoms with van der Waals surface area (Å²) in [6.45, 7) is 10.5. The van der Waals surface area contributed by atoms with Gasteiger partial charge in [0.1, 0.15) is 0 Å². The summed E-state index contributed by atoms with van der Waals surface area (Å²) < 4.78 is 0. The summed E-state index contributed by atoms with van der Waals surface area (Å²) in [5.41, 5.74) is 0. The van der Waals surface area contributed by atoms with Gasteiger partial charge in [0.2, 0.25) is 0 Å². The molecule has 0 saturated carbocycles. The Morgan fingerprint density at radius 1 is 1.33 bits per heavy atom. The quantitative estimate of drug-likeness (QED) is 0.563. The number of ketones is 1. The van der Waals surface area contributed by atoms with Gasteiger partial charge >= 0.3 is 0 Å². The summed E-state index contributed by atoms with van der Waals surface area (Å²) in [6, 6.07) is 0. The highest BCUT2D eigenvalue weighted by molar-refractivity contribution is 8.07. The van der Waals surface area contributed by atoms with E-state index >= 15 is 0 Å². The van der Waals surface area contributed by atoms with Crippen LogP contribution in [-0.4, -0.2) is 5.78 Å². The zero-order valence-corrected chi connectivity index (χ0v) is 6.55. The van der Waals surface area contributed by atoms with E-state index in [9.17, 15) is 4.79 Å². The molecular formula is C7H10OS. The van der Waals surface area contributed by atoms with Crippen molar-refractivity contribution in [3.63, 3.8) is 0 Å². The molecule has 0 aromatic heterocycles. The van der Waals surface area contributed by atoms with Crippen molar-refractivity contribution in [3.8, 4) is 0 Å². The molecule has 1 nitrogen and oxygen atoms in total. The average molecular weight is 142 g/mol. The molecule has 2 heteroatoms. The second-order valence-electron chi connectivity index (χ2n) is 1.78. The molecule has 9 heavy (non-hydrogen) atoms. The molecular weight excluding hydrogens is 132 g/mol. The Balaban J connectivity index is 3.79. The molecule has 0 atom stereocenters. The number of rotatable bonds is 3. The first-order valence-electron chi connectivity index (χ1n) is 2.57. The highest BCUT2D eigenvalue weighted by Crippen LogP contribution is 2.21. The van der Waals surface area contributed by atoms with Crippen LogP contribution >= 0.6 is 11.8 Å². The smallest absolute Gasteiger partial charge is 0.165 e. The van der Waals surface area contributed by atoms with Crippen LogP contribution < -0.4 is 0 Å². The van der Waals surface area contributed by atoms with Gasteiger partial charge in [-0.3, -0.25) is 4.79 Å². The topological polar surface area (TPSA) is 17.1 Å². The van der Waals surface area contributed by atoms with Crippen molar-refractivity contribution in [2.45, 2.75) is 13.8 Å². The fourth-order valence-corrected chi connectivity index (χ4v) is 0.847. The van der Waals surface area contributed by atoms with Crippen LogP contribution in [0.3, 0.4) is 0 Å². The standard InChI is InChI=1S/C7H10OS/c1-5(2)9-7(4)6(3)8/h1,4H2,2-3H3. The summed E-state index contributed by atoms with van der Waals surface area (Å²) in [6.07, 6.45) is 0. The van der Waals surface area contributed by atoms with E-state index in [-0.39, 0.29) is 5.78 Å². The van der Waals surface area contributed by atoms with Gasteiger partial charge in [-0.25, -0.2) is 0 Å². The second kappa shape index (κ2) is 3.51. The van der Waals surface area contributed by atoms with Crippen molar-refractivity contribution < 1.29 is 4.79 Å². The third-order valence-corrected chi connectivity index (χ3v) is 1.57. The van der Waals surface area contributed by atoms with Gasteiger partial charge in [-0.15, -0.1) is 0 Å². The molecule has 0 aliphatic carbocycles. The first kappa shape index (κ1) is 8.50. The van der Waals surface area contributed by atoms with E-state index in [4.69, 9.17) is 0 Å². The molecule has 0 aliphatic rings. The highest BCUT2D eigenvalue weighted by Gasteiger charge is 1.99. The van der Waals surface area contributed by atoms with E-state index in [1.807, 2.05) is 6.92 Å². The Bertz CT molecular complexity index is 158. The van der Waals surface area contributed by atoms with Gasteiger partial charge in [0, 0.05) is 4.91 Å². The molecule has 0 saturated heterocycles. The SMILES string of the molecule is C=C(C)SC(=C)C(C)=O. The van der Waals surface area contributed by atoms with Crippen LogP contribution in [0.15, 0.2) is 23.0 Å². The Hall–Kier alpha value is -0.500. The predicted molar refractivity (Wildman–Crippen MR) is 42.2 cm³/mol. The van der Waals surface area contributed by atoms with Crippen LogP contribution in [0.4, 0.5) is 0 Å². The van der Waals surface area contributed by atoms with Gasteiger partial charge in [0.05, 0.1) is 0 Å². The Kier molecular flexibility index (Phi) is 3.32. The van der Waals surface area contributed by atoms with E-state index in [2.05, 4.69) is 13.2 Å². The third-order valence-electron chi connectivity index (χ3n) is 0.690. The number of thioether (sulfide) groups is 1. The summed E-state index contributed by atoms with van der Waals surface area (Å²) in [4.78, 5) is 12.0. The number of hydrogen-bond acceptors (Lipinski definition) is 2. The first-order chi connectivity index (χ1) is 4.04. The molecule has 0 fully saturated rings. The van der Waals surface area contributed by atoms with Gasteiger partial charge in [0.25, 0.3) is 0 Å². The monoisotopic (exact) mass is 142 g/mol. The van der Waals surface area contributed by atoms with Crippen molar-refractivity contribution in [1.82, 2.24) is 0 Å². The van der Waals surface area contributed by atoms with Crippen LogP contribution in [0.25, 0.3) is 0 Å². The zero-order valence-electron chi connectivity index (χ0n) is 5.73. The maximum absolute atomic E-state index is 10.5. The van der Waals surface area contributed by atoms with Crippen LogP contribution in [0.5, 0.6) is 0 Å². The first-order valence-corrected chi connectivity index (χ1v) is 3.39. The van der Waals surface area contributed by atoms with E-state index in [1.165, 1.54) is 18.7 Å². The molecule has 0 heterocycles. The van der Waals surface area contributed by atoms with Crippen LogP contribution in [-0.2, 0) is 4.79 Å². The molecule has 0 aromatic carbocycles. The summed E-state index contributed by atoms with van der Waals surface area (Å²) in [7, 11) is 0. The fourth-order valence-electron chi connectivity index (χ4n) is 0.282. The van der Waals surface area contributed by atoms with Gasteiger partial charge in [-0.2, -0.15) is 0 Å². The van der Waals surface area contributed by atoms with Gasteiger partial charge < -0.3 is 0 Å². The number of allylic oxidation sites excluding steroid dienone is 2. The summed E-state index contributed by atoms with van der Waals surface area (Å²) >= 11 is 1.32. The largest absolute Gasteiger partial charge is 0.294 e. The lowest BCUT2D eigenvalue weighted by Crippen LogP contribution is -1.88. The van der Waals surface area contributed by atoms with E-state index in [0.29, 0.717) is 4.91 Å². The lowest BCUT2D eigenvalue weighted by atomic mass is 10.4. The highest BCUT2D eigenvalue weighted by atomic mass is 32.2. The lowest BCUT2D eigenvalue weighted by Gasteiger charge is -1.96. The van der Waals surface area contributed by atoms with Crippen LogP contribution in [0.1, 0.15) is 13.8 Å². The molecule has 50 valence electrons. The molecule has 0 bridgehead atoms. The minimum atomic E-state index is 0.0167. The minimum Gasteiger partial charge on any atom is -0.294 e. The van der Waals surface area contributed by atoms with Crippen molar-refractivity contribution in [1.29, 1.82) is 0 Å². The van der Waals surface area contributed by atoms with Gasteiger partial charge in [-0.1, -0.05) is 24.9 Å². The number of carbonyl (C=O) groups excluding carboxylic acids is 1. The molecule has 0 N–H and O–H groups in total. The normalized spacial score (nSPS) is 8.67. The zero-order chi connectivity index (χ0) is 7.44. The molecule has 0 spiro atoms. The number of carbonyl (C=O) groups is 1. The van der Waals surface area contributed by atoms with E-state index in [0.717, 1.165) is 4.91 Å². The Morgan fingerprint density at radius 3 is 1.89 bits per heavy atom. The number of Topliss-reactive ketones (excluding diaryl/α,β-unsaturated/α-hetero) is 1. The van der Waals surface area contributed by atoms with Crippen LogP contribution in [0, 0.1) is 0 Å². The number of hydrogen-bond donors (Lipinski definition) is 0. The maximum atomic E-state index is 10.5. The van der Waals surface area contributed by atoms with Crippen LogP contribution in [0.2, 0.25) is 0 Å². The molecule has 0 radical (unpaired) electrons. The molecule has 0 unspecified atom stereocenters. The molecule has 0 aromatic rings. The van der Waals surface area contributed by atoms with Crippen molar-refractivity contribution in [2.24, 2.45) is 0 Å². The average Bonchev–Trinajstić information content (AvgIpc) is 1.63. The van der Waals surface area contributed by atoms with Crippen molar-refractivity contribution in [3.05, 3.63) is 23.0 Å². The third kappa shape index (κ3) is 4.03. The van der Waals surface area contributed by atoms with E-state index < -0.39 is 0 Å².